The molecule has 0 aliphatic heterocycles. The molecular weight excluding hydrogens is 316 g/mol. The van der Waals surface area contributed by atoms with Gasteiger partial charge in [-0.2, -0.15) is 0 Å². The second kappa shape index (κ2) is 8.25. The van der Waals surface area contributed by atoms with Gasteiger partial charge in [-0.15, -0.1) is 0 Å². The molecule has 0 saturated carbocycles. The predicted molar refractivity (Wildman–Crippen MR) is 89.8 cm³/mol. The van der Waals surface area contributed by atoms with Crippen molar-refractivity contribution in [3.63, 3.8) is 0 Å². The van der Waals surface area contributed by atoms with Gasteiger partial charge < -0.3 is 14.2 Å². The van der Waals surface area contributed by atoms with Crippen LogP contribution in [0, 0.1) is 0 Å². The van der Waals surface area contributed by atoms with Crippen molar-refractivity contribution < 1.29 is 19.0 Å². The first kappa shape index (κ1) is 16.9. The van der Waals surface area contributed by atoms with Gasteiger partial charge in [0.05, 0.1) is 14.2 Å². The minimum atomic E-state index is -0.452. The second-order valence-corrected chi connectivity index (χ2v) is 5.09. The highest BCUT2D eigenvalue weighted by Crippen LogP contribution is 2.23. The molecule has 0 atom stereocenters. The highest BCUT2D eigenvalue weighted by atomic mass is 35.5. The van der Waals surface area contributed by atoms with E-state index in [1.807, 2.05) is 18.2 Å². The monoisotopic (exact) mass is 332 g/mol. The number of esters is 1. The van der Waals surface area contributed by atoms with Crippen LogP contribution in [0.25, 0.3) is 6.08 Å². The average molecular weight is 333 g/mol. The molecule has 0 N–H and O–H groups in total. The zero-order valence-electron chi connectivity index (χ0n) is 12.9. The van der Waals surface area contributed by atoms with E-state index in [0.717, 1.165) is 11.1 Å². The van der Waals surface area contributed by atoms with Gasteiger partial charge in [-0.3, -0.25) is 0 Å². The van der Waals surface area contributed by atoms with Gasteiger partial charge in [0.25, 0.3) is 0 Å². The summed E-state index contributed by atoms with van der Waals surface area (Å²) in [5.74, 6) is 0.841. The summed E-state index contributed by atoms with van der Waals surface area (Å²) in [6, 6.07) is 12.6. The molecule has 0 saturated heterocycles. The zero-order valence-corrected chi connectivity index (χ0v) is 13.7. The van der Waals surface area contributed by atoms with E-state index in [4.69, 9.17) is 25.8 Å². The Balaban J connectivity index is 1.99. The number of rotatable bonds is 6. The normalized spacial score (nSPS) is 10.6. The lowest BCUT2D eigenvalue weighted by Gasteiger charge is -2.06. The maximum Gasteiger partial charge on any atom is 0.331 e. The largest absolute Gasteiger partial charge is 0.497 e. The summed E-state index contributed by atoms with van der Waals surface area (Å²) in [4.78, 5) is 11.8. The van der Waals surface area contributed by atoms with Crippen LogP contribution in [0.4, 0.5) is 0 Å². The van der Waals surface area contributed by atoms with E-state index in [1.165, 1.54) is 6.08 Å². The summed E-state index contributed by atoms with van der Waals surface area (Å²) in [7, 11) is 3.14. The van der Waals surface area contributed by atoms with Gasteiger partial charge >= 0.3 is 5.97 Å². The van der Waals surface area contributed by atoms with E-state index in [0.29, 0.717) is 16.5 Å². The summed E-state index contributed by atoms with van der Waals surface area (Å²) < 4.78 is 15.5. The van der Waals surface area contributed by atoms with Crippen molar-refractivity contribution >= 4 is 23.6 Å². The molecule has 0 unspecified atom stereocenters. The molecule has 2 aromatic rings. The van der Waals surface area contributed by atoms with E-state index < -0.39 is 5.97 Å². The Bertz CT molecular complexity index is 688. The summed E-state index contributed by atoms with van der Waals surface area (Å²) in [5, 5.41) is 0.571. The van der Waals surface area contributed by atoms with Crippen LogP contribution in [0.1, 0.15) is 11.1 Å². The number of methoxy groups -OCH3 is 2. The van der Waals surface area contributed by atoms with Crippen LogP contribution >= 0.6 is 11.6 Å². The fourth-order valence-electron chi connectivity index (χ4n) is 1.90. The van der Waals surface area contributed by atoms with Gasteiger partial charge in [-0.25, -0.2) is 4.79 Å². The van der Waals surface area contributed by atoms with Crippen molar-refractivity contribution in [3.05, 3.63) is 64.7 Å². The molecule has 0 fully saturated rings. The third kappa shape index (κ3) is 5.04. The van der Waals surface area contributed by atoms with E-state index in [9.17, 15) is 4.79 Å². The molecule has 2 aromatic carbocycles. The van der Waals surface area contributed by atoms with E-state index in [-0.39, 0.29) is 6.61 Å². The van der Waals surface area contributed by atoms with Gasteiger partial charge in [-0.1, -0.05) is 29.8 Å². The lowest BCUT2D eigenvalue weighted by atomic mass is 10.2. The SMILES string of the molecule is COc1cc(/C=C/C(=O)OCc2ccccc2Cl)cc(OC)c1. The van der Waals surface area contributed by atoms with Crippen LogP contribution in [-0.4, -0.2) is 20.2 Å². The summed E-state index contributed by atoms with van der Waals surface area (Å²) >= 11 is 6.01. The minimum absolute atomic E-state index is 0.129. The summed E-state index contributed by atoms with van der Waals surface area (Å²) in [6.45, 7) is 0.129. The molecule has 0 spiro atoms. The lowest BCUT2D eigenvalue weighted by molar-refractivity contribution is -0.138. The molecular formula is C18H17ClO4. The molecule has 0 aliphatic carbocycles. The minimum Gasteiger partial charge on any atom is -0.497 e. The molecule has 0 bridgehead atoms. The molecule has 0 radical (unpaired) electrons. The quantitative estimate of drug-likeness (QED) is 0.590. The fraction of sp³-hybridized carbons (Fsp3) is 0.167. The van der Waals surface area contributed by atoms with E-state index in [1.54, 1.807) is 44.6 Å². The molecule has 0 aromatic heterocycles. The third-order valence-electron chi connectivity index (χ3n) is 3.11. The molecule has 5 heteroatoms. The number of ether oxygens (including phenoxy) is 3. The Hall–Kier alpha value is -2.46. The molecule has 23 heavy (non-hydrogen) atoms. The average Bonchev–Trinajstić information content (AvgIpc) is 2.58. The highest BCUT2D eigenvalue weighted by molar-refractivity contribution is 6.31. The number of halogens is 1. The van der Waals surface area contributed by atoms with E-state index in [2.05, 4.69) is 0 Å². The highest BCUT2D eigenvalue weighted by Gasteiger charge is 2.03. The number of hydrogen-bond acceptors (Lipinski definition) is 4. The van der Waals surface area contributed by atoms with Crippen LogP contribution < -0.4 is 9.47 Å². The maximum absolute atomic E-state index is 11.8. The molecule has 4 nitrogen and oxygen atoms in total. The zero-order chi connectivity index (χ0) is 16.7. The van der Waals surface area contributed by atoms with Gasteiger partial charge in [0, 0.05) is 22.7 Å². The topological polar surface area (TPSA) is 44.8 Å². The van der Waals surface area contributed by atoms with Crippen LogP contribution in [0.2, 0.25) is 5.02 Å². The Morgan fingerprint density at radius 3 is 2.35 bits per heavy atom. The van der Waals surface area contributed by atoms with Crippen LogP contribution in [-0.2, 0) is 16.1 Å². The van der Waals surface area contributed by atoms with Gasteiger partial charge in [0.15, 0.2) is 0 Å². The first-order valence-electron chi connectivity index (χ1n) is 6.93. The number of hydrogen-bond donors (Lipinski definition) is 0. The Morgan fingerprint density at radius 2 is 1.74 bits per heavy atom. The standard InChI is InChI=1S/C18H17ClO4/c1-21-15-9-13(10-16(11-15)22-2)7-8-18(20)23-12-14-5-3-4-6-17(14)19/h3-11H,12H2,1-2H3/b8-7+. The Morgan fingerprint density at radius 1 is 1.09 bits per heavy atom. The number of benzene rings is 2. The first-order chi connectivity index (χ1) is 11.1. The van der Waals surface area contributed by atoms with Crippen LogP contribution in [0.15, 0.2) is 48.5 Å². The fourth-order valence-corrected chi connectivity index (χ4v) is 2.09. The number of carbonyl (C=O) groups is 1. The molecule has 120 valence electrons. The van der Waals surface area contributed by atoms with Crippen LogP contribution in [0.3, 0.4) is 0 Å². The van der Waals surface area contributed by atoms with Crippen molar-refractivity contribution in [1.82, 2.24) is 0 Å². The molecule has 0 aliphatic rings. The molecule has 0 heterocycles. The van der Waals surface area contributed by atoms with Gasteiger partial charge in [0.1, 0.15) is 18.1 Å². The van der Waals surface area contributed by atoms with Crippen molar-refractivity contribution in [2.24, 2.45) is 0 Å². The van der Waals surface area contributed by atoms with Crippen LogP contribution in [0.5, 0.6) is 11.5 Å². The Kier molecular flexibility index (Phi) is 6.06. The van der Waals surface area contributed by atoms with Crippen molar-refractivity contribution in [3.8, 4) is 11.5 Å². The van der Waals surface area contributed by atoms with E-state index >= 15 is 0 Å². The van der Waals surface area contributed by atoms with Crippen molar-refractivity contribution in [2.75, 3.05) is 14.2 Å². The Labute approximate surface area is 140 Å². The number of carbonyl (C=O) groups excluding carboxylic acids is 1. The predicted octanol–water partition coefficient (Wildman–Crippen LogP) is 4.11. The lowest BCUT2D eigenvalue weighted by Crippen LogP contribution is -2.01. The first-order valence-corrected chi connectivity index (χ1v) is 7.31. The summed E-state index contributed by atoms with van der Waals surface area (Å²) in [6.07, 6.45) is 2.99. The maximum atomic E-state index is 11.8. The van der Waals surface area contributed by atoms with Crippen molar-refractivity contribution in [1.29, 1.82) is 0 Å². The van der Waals surface area contributed by atoms with Gasteiger partial charge in [-0.05, 0) is 29.8 Å². The third-order valence-corrected chi connectivity index (χ3v) is 3.48. The summed E-state index contributed by atoms with van der Waals surface area (Å²) in [5.41, 5.74) is 1.54. The molecule has 0 amide bonds. The molecule has 2 rings (SSSR count). The van der Waals surface area contributed by atoms with Gasteiger partial charge in [0.2, 0.25) is 0 Å². The smallest absolute Gasteiger partial charge is 0.331 e. The second-order valence-electron chi connectivity index (χ2n) is 4.68. The van der Waals surface area contributed by atoms with Crippen molar-refractivity contribution in [2.45, 2.75) is 6.61 Å².